The largest absolute Gasteiger partial charge is 0.480 e. The number of carboxylic acids is 1. The molecule has 1 aromatic carbocycles. The first-order valence-electron chi connectivity index (χ1n) is 5.69. The monoisotopic (exact) mass is 244 g/mol. The Labute approximate surface area is 103 Å². The standard InChI is InChI=1S/C13H12N2O3/c1-7-2-3-9-12-8(4-10(16)14-13(7)12)5-15(9)6-11(17)18/h2-3,5H,4,6H2,1H3,(H,14,16)(H,17,18). The van der Waals surface area contributed by atoms with Crippen molar-refractivity contribution in [2.75, 3.05) is 5.32 Å². The maximum Gasteiger partial charge on any atom is 0.323 e. The topological polar surface area (TPSA) is 71.3 Å². The molecule has 1 aromatic heterocycles. The van der Waals surface area contributed by atoms with Crippen molar-refractivity contribution < 1.29 is 14.7 Å². The van der Waals surface area contributed by atoms with E-state index in [1.54, 1.807) is 10.8 Å². The summed E-state index contributed by atoms with van der Waals surface area (Å²) >= 11 is 0. The molecule has 0 fully saturated rings. The average molecular weight is 244 g/mol. The van der Waals surface area contributed by atoms with Gasteiger partial charge in [-0.15, -0.1) is 0 Å². The van der Waals surface area contributed by atoms with Gasteiger partial charge in [0.2, 0.25) is 5.91 Å². The van der Waals surface area contributed by atoms with Crippen molar-refractivity contribution in [3.8, 4) is 0 Å². The molecule has 2 heterocycles. The Morgan fingerprint density at radius 2 is 2.28 bits per heavy atom. The lowest BCUT2D eigenvalue weighted by Gasteiger charge is -2.15. The number of amides is 1. The molecular formula is C13H12N2O3. The second kappa shape index (κ2) is 3.60. The van der Waals surface area contributed by atoms with Gasteiger partial charge in [0.15, 0.2) is 0 Å². The van der Waals surface area contributed by atoms with E-state index in [1.165, 1.54) is 0 Å². The van der Waals surface area contributed by atoms with E-state index >= 15 is 0 Å². The summed E-state index contributed by atoms with van der Waals surface area (Å²) in [6, 6.07) is 3.80. The minimum Gasteiger partial charge on any atom is -0.480 e. The van der Waals surface area contributed by atoms with Crippen molar-refractivity contribution in [2.24, 2.45) is 0 Å². The van der Waals surface area contributed by atoms with Gasteiger partial charge in [-0.1, -0.05) is 6.07 Å². The fourth-order valence-electron chi connectivity index (χ4n) is 2.51. The van der Waals surface area contributed by atoms with Crippen LogP contribution in [-0.4, -0.2) is 21.6 Å². The molecule has 1 amide bonds. The second-order valence-electron chi connectivity index (χ2n) is 4.55. The Kier molecular flexibility index (Phi) is 2.16. The number of hydrogen-bond acceptors (Lipinski definition) is 2. The molecule has 0 atom stereocenters. The van der Waals surface area contributed by atoms with E-state index in [0.29, 0.717) is 6.42 Å². The number of aliphatic carboxylic acids is 1. The van der Waals surface area contributed by atoms with E-state index in [4.69, 9.17) is 5.11 Å². The Morgan fingerprint density at radius 1 is 1.50 bits per heavy atom. The quantitative estimate of drug-likeness (QED) is 0.841. The predicted octanol–water partition coefficient (Wildman–Crippen LogP) is 1.53. The minimum absolute atomic E-state index is 0.0498. The SMILES string of the molecule is Cc1ccc2c3c(cn2CC(=O)O)CC(=O)Nc13. The summed E-state index contributed by atoms with van der Waals surface area (Å²) in [5, 5.41) is 12.7. The average Bonchev–Trinajstić information content (AvgIpc) is 2.61. The van der Waals surface area contributed by atoms with Crippen LogP contribution in [0.2, 0.25) is 0 Å². The van der Waals surface area contributed by atoms with Crippen LogP contribution in [0.15, 0.2) is 18.3 Å². The first-order valence-corrected chi connectivity index (χ1v) is 5.69. The minimum atomic E-state index is -0.890. The number of nitrogens with zero attached hydrogens (tertiary/aromatic N) is 1. The van der Waals surface area contributed by atoms with Gasteiger partial charge in [0.1, 0.15) is 6.54 Å². The summed E-state index contributed by atoms with van der Waals surface area (Å²) in [4.78, 5) is 22.5. The van der Waals surface area contributed by atoms with E-state index < -0.39 is 5.97 Å². The number of carbonyl (C=O) groups is 2. The predicted molar refractivity (Wildman–Crippen MR) is 66.6 cm³/mol. The van der Waals surface area contributed by atoms with E-state index in [0.717, 1.165) is 27.7 Å². The van der Waals surface area contributed by atoms with E-state index in [1.807, 2.05) is 19.1 Å². The molecule has 1 aliphatic rings. The molecule has 3 rings (SSSR count). The molecule has 92 valence electrons. The second-order valence-corrected chi connectivity index (χ2v) is 4.55. The van der Waals surface area contributed by atoms with Crippen molar-refractivity contribution in [2.45, 2.75) is 19.9 Å². The van der Waals surface area contributed by atoms with Gasteiger partial charge in [0.25, 0.3) is 0 Å². The van der Waals surface area contributed by atoms with Crippen LogP contribution in [0.1, 0.15) is 11.1 Å². The van der Waals surface area contributed by atoms with Crippen molar-refractivity contribution >= 4 is 28.5 Å². The number of carboxylic acid groups (broad SMARTS) is 1. The van der Waals surface area contributed by atoms with Crippen LogP contribution in [0.3, 0.4) is 0 Å². The molecule has 0 spiro atoms. The number of aryl methyl sites for hydroxylation is 1. The van der Waals surface area contributed by atoms with Crippen LogP contribution in [0.4, 0.5) is 5.69 Å². The number of carbonyl (C=O) groups excluding carboxylic acids is 1. The van der Waals surface area contributed by atoms with E-state index in [2.05, 4.69) is 5.32 Å². The van der Waals surface area contributed by atoms with Crippen LogP contribution in [0.25, 0.3) is 10.9 Å². The molecule has 0 radical (unpaired) electrons. The Bertz CT molecular complexity index is 685. The van der Waals surface area contributed by atoms with Crippen LogP contribution >= 0.6 is 0 Å². The van der Waals surface area contributed by atoms with Crippen LogP contribution in [-0.2, 0) is 22.6 Å². The van der Waals surface area contributed by atoms with Crippen LogP contribution in [0.5, 0.6) is 0 Å². The van der Waals surface area contributed by atoms with E-state index in [-0.39, 0.29) is 12.5 Å². The summed E-state index contributed by atoms with van der Waals surface area (Å²) in [5.41, 5.74) is 3.55. The number of nitrogens with one attached hydrogen (secondary N) is 1. The van der Waals surface area contributed by atoms with Crippen LogP contribution in [0, 0.1) is 6.92 Å². The van der Waals surface area contributed by atoms with Gasteiger partial charge < -0.3 is 15.0 Å². The number of hydrogen-bond donors (Lipinski definition) is 2. The zero-order valence-corrected chi connectivity index (χ0v) is 9.86. The highest BCUT2D eigenvalue weighted by molar-refractivity contribution is 6.10. The van der Waals surface area contributed by atoms with Gasteiger partial charge in [0, 0.05) is 11.6 Å². The molecule has 5 heteroatoms. The maximum atomic E-state index is 11.6. The third-order valence-electron chi connectivity index (χ3n) is 3.25. The molecule has 0 bridgehead atoms. The molecule has 0 saturated heterocycles. The molecule has 0 aliphatic carbocycles. The molecule has 18 heavy (non-hydrogen) atoms. The number of anilines is 1. The molecule has 2 N–H and O–H groups in total. The summed E-state index contributed by atoms with van der Waals surface area (Å²) in [5.74, 6) is -0.940. The first-order chi connectivity index (χ1) is 8.56. The Balaban J connectivity index is 2.30. The smallest absolute Gasteiger partial charge is 0.323 e. The van der Waals surface area contributed by atoms with Gasteiger partial charge in [-0.25, -0.2) is 0 Å². The Morgan fingerprint density at radius 3 is 3.00 bits per heavy atom. The summed E-state index contributed by atoms with van der Waals surface area (Å²) in [6.07, 6.45) is 2.07. The summed E-state index contributed by atoms with van der Waals surface area (Å²) < 4.78 is 1.68. The van der Waals surface area contributed by atoms with Gasteiger partial charge in [0.05, 0.1) is 17.6 Å². The fraction of sp³-hybridized carbons (Fsp3) is 0.231. The molecule has 0 saturated carbocycles. The Hall–Kier alpha value is -2.30. The molecule has 2 aromatic rings. The van der Waals surface area contributed by atoms with Gasteiger partial charge >= 0.3 is 5.97 Å². The zero-order valence-electron chi connectivity index (χ0n) is 9.86. The molecule has 0 unspecified atom stereocenters. The normalized spacial score (nSPS) is 13.7. The lowest BCUT2D eigenvalue weighted by molar-refractivity contribution is -0.137. The number of benzene rings is 1. The third-order valence-corrected chi connectivity index (χ3v) is 3.25. The van der Waals surface area contributed by atoms with Crippen molar-refractivity contribution in [1.82, 2.24) is 4.57 Å². The number of aromatic nitrogens is 1. The third kappa shape index (κ3) is 1.48. The van der Waals surface area contributed by atoms with Crippen molar-refractivity contribution in [3.63, 3.8) is 0 Å². The van der Waals surface area contributed by atoms with Crippen molar-refractivity contribution in [3.05, 3.63) is 29.5 Å². The fourth-order valence-corrected chi connectivity index (χ4v) is 2.51. The summed E-state index contributed by atoms with van der Waals surface area (Å²) in [7, 11) is 0. The molecule has 1 aliphatic heterocycles. The van der Waals surface area contributed by atoms with Crippen molar-refractivity contribution in [1.29, 1.82) is 0 Å². The van der Waals surface area contributed by atoms with Gasteiger partial charge in [-0.05, 0) is 24.1 Å². The number of rotatable bonds is 2. The highest BCUT2D eigenvalue weighted by atomic mass is 16.4. The summed E-state index contributed by atoms with van der Waals surface area (Å²) in [6.45, 7) is 1.84. The lowest BCUT2D eigenvalue weighted by Crippen LogP contribution is -2.19. The highest BCUT2D eigenvalue weighted by Crippen LogP contribution is 2.35. The van der Waals surface area contributed by atoms with Gasteiger partial charge in [-0.2, -0.15) is 0 Å². The maximum absolute atomic E-state index is 11.6. The highest BCUT2D eigenvalue weighted by Gasteiger charge is 2.22. The molecular weight excluding hydrogens is 232 g/mol. The van der Waals surface area contributed by atoms with Gasteiger partial charge in [-0.3, -0.25) is 9.59 Å². The zero-order chi connectivity index (χ0) is 12.9. The van der Waals surface area contributed by atoms with Crippen LogP contribution < -0.4 is 5.32 Å². The lowest BCUT2D eigenvalue weighted by atomic mass is 10.0. The first kappa shape index (κ1) is 10.8. The van der Waals surface area contributed by atoms with E-state index in [9.17, 15) is 9.59 Å². The molecule has 5 nitrogen and oxygen atoms in total.